The first-order chi connectivity index (χ1) is 9.91. The van der Waals surface area contributed by atoms with E-state index in [9.17, 15) is 4.79 Å². The summed E-state index contributed by atoms with van der Waals surface area (Å²) in [6, 6.07) is 0.209. The molecule has 0 aromatic carbocycles. The van der Waals surface area contributed by atoms with Gasteiger partial charge in [-0.15, -0.1) is 0 Å². The summed E-state index contributed by atoms with van der Waals surface area (Å²) >= 11 is 0. The highest BCUT2D eigenvalue weighted by Gasteiger charge is 2.30. The Balaban J connectivity index is 1.83. The van der Waals surface area contributed by atoms with Gasteiger partial charge in [0.25, 0.3) is 0 Å². The normalized spacial score (nSPS) is 23.5. The molecular weight excluding hydrogens is 264 g/mol. The first-order valence-electron chi connectivity index (χ1n) is 8.39. The van der Waals surface area contributed by atoms with Crippen LogP contribution >= 0.6 is 0 Å². The Hall–Kier alpha value is -0.650. The Morgan fingerprint density at radius 2 is 1.62 bits per heavy atom. The molecule has 2 saturated heterocycles. The van der Waals surface area contributed by atoms with Crippen LogP contribution in [0.1, 0.15) is 40.0 Å². The van der Waals surface area contributed by atoms with Crippen LogP contribution in [-0.2, 0) is 4.79 Å². The zero-order valence-corrected chi connectivity index (χ0v) is 14.0. The van der Waals surface area contributed by atoms with Crippen LogP contribution in [0.4, 0.5) is 0 Å². The number of piperazine rings is 1. The number of nitrogens with two attached hydrogens (primary N) is 1. The van der Waals surface area contributed by atoms with Gasteiger partial charge in [-0.1, -0.05) is 0 Å². The monoisotopic (exact) mass is 296 g/mol. The predicted molar refractivity (Wildman–Crippen MR) is 86.2 cm³/mol. The smallest absolute Gasteiger partial charge is 0.224 e. The Morgan fingerprint density at radius 1 is 1.05 bits per heavy atom. The largest absolute Gasteiger partial charge is 0.343 e. The molecule has 2 heterocycles. The average molecular weight is 296 g/mol. The first kappa shape index (κ1) is 16.7. The molecule has 5 nitrogen and oxygen atoms in total. The van der Waals surface area contributed by atoms with Crippen molar-refractivity contribution in [1.29, 1.82) is 0 Å². The van der Waals surface area contributed by atoms with Crippen LogP contribution in [-0.4, -0.2) is 78.0 Å². The molecule has 2 aliphatic heterocycles. The number of likely N-dealkylation sites (tertiary alicyclic amines) is 1. The second-order valence-corrected chi connectivity index (χ2v) is 7.38. The van der Waals surface area contributed by atoms with Gasteiger partial charge < -0.3 is 10.6 Å². The van der Waals surface area contributed by atoms with Crippen LogP contribution in [0.25, 0.3) is 0 Å². The lowest BCUT2D eigenvalue weighted by Gasteiger charge is -2.44. The minimum atomic E-state index is 0.209. The van der Waals surface area contributed by atoms with Gasteiger partial charge in [0.05, 0.1) is 0 Å². The Morgan fingerprint density at radius 3 is 2.10 bits per heavy atom. The van der Waals surface area contributed by atoms with E-state index in [2.05, 4.69) is 30.6 Å². The molecule has 0 saturated carbocycles. The molecule has 1 atom stereocenters. The second kappa shape index (κ2) is 7.07. The van der Waals surface area contributed by atoms with Gasteiger partial charge in [0.15, 0.2) is 0 Å². The standard InChI is InChI=1S/C16H32N4O/c1-16(2,3)20-10-8-18(9-11-20)14(13-17)12-15(21)19-6-4-5-7-19/h14H,4-13,17H2,1-3H3. The number of hydrogen-bond acceptors (Lipinski definition) is 4. The summed E-state index contributed by atoms with van der Waals surface area (Å²) in [7, 11) is 0. The van der Waals surface area contributed by atoms with Crippen molar-refractivity contribution in [2.75, 3.05) is 45.8 Å². The number of carbonyl (C=O) groups excluding carboxylic acids is 1. The van der Waals surface area contributed by atoms with Crippen LogP contribution in [0.3, 0.4) is 0 Å². The van der Waals surface area contributed by atoms with Gasteiger partial charge >= 0.3 is 0 Å². The molecule has 2 N–H and O–H groups in total. The predicted octanol–water partition coefficient (Wildman–Crippen LogP) is 0.742. The number of rotatable bonds is 4. The molecule has 0 spiro atoms. The van der Waals surface area contributed by atoms with Gasteiger partial charge in [-0.3, -0.25) is 14.6 Å². The van der Waals surface area contributed by atoms with Crippen LogP contribution in [0.2, 0.25) is 0 Å². The van der Waals surface area contributed by atoms with Gasteiger partial charge in [-0.25, -0.2) is 0 Å². The minimum absolute atomic E-state index is 0.209. The fourth-order valence-electron chi connectivity index (χ4n) is 3.42. The third-order valence-corrected chi connectivity index (χ3v) is 4.92. The molecule has 5 heteroatoms. The van der Waals surface area contributed by atoms with Crippen molar-refractivity contribution >= 4 is 5.91 Å². The van der Waals surface area contributed by atoms with Gasteiger partial charge in [-0.2, -0.15) is 0 Å². The zero-order chi connectivity index (χ0) is 15.5. The Labute approximate surface area is 129 Å². The van der Waals surface area contributed by atoms with Crippen molar-refractivity contribution in [2.45, 2.75) is 51.6 Å². The molecule has 0 radical (unpaired) electrons. The summed E-state index contributed by atoms with van der Waals surface area (Å²) in [5, 5.41) is 0. The maximum Gasteiger partial charge on any atom is 0.224 e. The second-order valence-electron chi connectivity index (χ2n) is 7.38. The number of nitrogens with zero attached hydrogens (tertiary/aromatic N) is 3. The van der Waals surface area contributed by atoms with E-state index in [1.807, 2.05) is 4.90 Å². The average Bonchev–Trinajstić information content (AvgIpc) is 2.98. The maximum atomic E-state index is 12.3. The summed E-state index contributed by atoms with van der Waals surface area (Å²) < 4.78 is 0. The van der Waals surface area contributed by atoms with E-state index in [1.54, 1.807) is 0 Å². The molecule has 21 heavy (non-hydrogen) atoms. The highest BCUT2D eigenvalue weighted by Crippen LogP contribution is 2.18. The number of carbonyl (C=O) groups is 1. The highest BCUT2D eigenvalue weighted by molar-refractivity contribution is 5.77. The molecule has 1 amide bonds. The fourth-order valence-corrected chi connectivity index (χ4v) is 3.42. The van der Waals surface area contributed by atoms with Crippen LogP contribution in [0.5, 0.6) is 0 Å². The Kier molecular flexibility index (Phi) is 5.63. The third kappa shape index (κ3) is 4.41. The SMILES string of the molecule is CC(C)(C)N1CCN(C(CN)CC(=O)N2CCCC2)CC1. The van der Waals surface area contributed by atoms with Gasteiger partial charge in [0.2, 0.25) is 5.91 Å². The molecule has 2 fully saturated rings. The molecule has 2 rings (SSSR count). The molecule has 122 valence electrons. The zero-order valence-electron chi connectivity index (χ0n) is 14.0. The number of amides is 1. The van der Waals surface area contributed by atoms with Crippen molar-refractivity contribution in [2.24, 2.45) is 5.73 Å². The topological polar surface area (TPSA) is 52.8 Å². The van der Waals surface area contributed by atoms with Crippen LogP contribution in [0.15, 0.2) is 0 Å². The van der Waals surface area contributed by atoms with E-state index < -0.39 is 0 Å². The van der Waals surface area contributed by atoms with Crippen molar-refractivity contribution in [3.63, 3.8) is 0 Å². The first-order valence-corrected chi connectivity index (χ1v) is 8.39. The van der Waals surface area contributed by atoms with Crippen molar-refractivity contribution in [3.05, 3.63) is 0 Å². The number of hydrogen-bond donors (Lipinski definition) is 1. The van der Waals surface area contributed by atoms with E-state index in [4.69, 9.17) is 5.73 Å². The molecule has 0 aromatic rings. The molecule has 2 aliphatic rings. The van der Waals surface area contributed by atoms with Crippen molar-refractivity contribution < 1.29 is 4.79 Å². The summed E-state index contributed by atoms with van der Waals surface area (Å²) in [6.45, 7) is 13.4. The lowest BCUT2D eigenvalue weighted by atomic mass is 10.0. The van der Waals surface area contributed by atoms with Crippen molar-refractivity contribution in [1.82, 2.24) is 14.7 Å². The summed E-state index contributed by atoms with van der Waals surface area (Å²) in [4.78, 5) is 19.2. The molecule has 0 bridgehead atoms. The maximum absolute atomic E-state index is 12.3. The summed E-state index contributed by atoms with van der Waals surface area (Å²) in [5.41, 5.74) is 6.18. The van der Waals surface area contributed by atoms with Gasteiger partial charge in [-0.05, 0) is 33.6 Å². The van der Waals surface area contributed by atoms with Gasteiger partial charge in [0.1, 0.15) is 0 Å². The summed E-state index contributed by atoms with van der Waals surface area (Å²) in [5.74, 6) is 0.293. The van der Waals surface area contributed by atoms with E-state index in [0.717, 1.165) is 52.1 Å². The van der Waals surface area contributed by atoms with Crippen LogP contribution in [0, 0.1) is 0 Å². The fraction of sp³-hybridized carbons (Fsp3) is 0.938. The van der Waals surface area contributed by atoms with Crippen molar-refractivity contribution in [3.8, 4) is 0 Å². The third-order valence-electron chi connectivity index (χ3n) is 4.92. The van der Waals surface area contributed by atoms with Gasteiger partial charge in [0, 0.05) is 63.8 Å². The molecular formula is C16H32N4O. The lowest BCUT2D eigenvalue weighted by Crippen LogP contribution is -2.57. The van der Waals surface area contributed by atoms with E-state index >= 15 is 0 Å². The molecule has 0 aromatic heterocycles. The highest BCUT2D eigenvalue weighted by atomic mass is 16.2. The minimum Gasteiger partial charge on any atom is -0.343 e. The van der Waals surface area contributed by atoms with E-state index in [1.165, 1.54) is 0 Å². The Bertz CT molecular complexity index is 339. The van der Waals surface area contributed by atoms with E-state index in [-0.39, 0.29) is 11.6 Å². The molecule has 1 unspecified atom stereocenters. The molecule has 0 aliphatic carbocycles. The quantitative estimate of drug-likeness (QED) is 0.831. The van der Waals surface area contributed by atoms with E-state index in [0.29, 0.717) is 18.9 Å². The van der Waals surface area contributed by atoms with Crippen LogP contribution < -0.4 is 5.73 Å². The summed E-state index contributed by atoms with van der Waals surface area (Å²) in [6.07, 6.45) is 2.90. The lowest BCUT2D eigenvalue weighted by molar-refractivity contribution is -0.131.